The van der Waals surface area contributed by atoms with Gasteiger partial charge in [-0.15, -0.1) is 0 Å². The van der Waals surface area contributed by atoms with Crippen molar-refractivity contribution in [2.24, 2.45) is 0 Å². The molecule has 0 saturated heterocycles. The Morgan fingerprint density at radius 2 is 1.66 bits per heavy atom. The van der Waals surface area contributed by atoms with Gasteiger partial charge in [0.15, 0.2) is 5.11 Å². The lowest BCUT2D eigenvalue weighted by Crippen LogP contribution is -2.56. The first-order valence-electron chi connectivity index (χ1n) is 8.73. The molecule has 0 aliphatic heterocycles. The zero-order chi connectivity index (χ0) is 21.0. The van der Waals surface area contributed by atoms with E-state index in [1.54, 1.807) is 18.2 Å². The number of carbonyl (C=O) groups is 1. The van der Waals surface area contributed by atoms with Crippen LogP contribution in [-0.2, 0) is 0 Å². The van der Waals surface area contributed by atoms with Crippen LogP contribution in [0.4, 0.5) is 5.69 Å². The molecule has 1 amide bonds. The highest BCUT2D eigenvalue weighted by Gasteiger charge is 2.34. The maximum atomic E-state index is 12.5. The molecule has 8 heteroatoms. The lowest BCUT2D eigenvalue weighted by molar-refractivity contribution is 0.0934. The SMILES string of the molecule is Cc1cccc(C(=O)N[C@H](NC(=S)Nc2ccc3ccccc3c2)C(Cl)(Cl)Cl)c1. The smallest absolute Gasteiger partial charge is 0.252 e. The summed E-state index contributed by atoms with van der Waals surface area (Å²) in [5.74, 6) is -0.383. The third-order valence-corrected chi connectivity index (χ3v) is 5.04. The fourth-order valence-electron chi connectivity index (χ4n) is 2.77. The summed E-state index contributed by atoms with van der Waals surface area (Å²) in [7, 11) is 0. The van der Waals surface area contributed by atoms with Crippen molar-refractivity contribution in [3.05, 3.63) is 77.9 Å². The Kier molecular flexibility index (Phi) is 6.85. The van der Waals surface area contributed by atoms with Crippen molar-refractivity contribution in [2.75, 3.05) is 5.32 Å². The Morgan fingerprint density at radius 1 is 0.931 bits per heavy atom. The summed E-state index contributed by atoms with van der Waals surface area (Å²) in [5, 5.41) is 11.0. The molecule has 0 unspecified atom stereocenters. The first kappa shape index (κ1) is 21.7. The minimum Gasteiger partial charge on any atom is -0.339 e. The number of hydrogen-bond donors (Lipinski definition) is 3. The van der Waals surface area contributed by atoms with Gasteiger partial charge in [0.25, 0.3) is 5.91 Å². The lowest BCUT2D eigenvalue weighted by atomic mass is 10.1. The summed E-state index contributed by atoms with van der Waals surface area (Å²) in [4.78, 5) is 12.5. The molecule has 0 bridgehead atoms. The second-order valence-corrected chi connectivity index (χ2v) is 9.26. The zero-order valence-corrected chi connectivity index (χ0v) is 18.5. The number of nitrogens with one attached hydrogen (secondary N) is 3. The number of rotatable bonds is 4. The molecule has 3 aromatic rings. The molecule has 29 heavy (non-hydrogen) atoms. The molecule has 0 aromatic heterocycles. The Bertz CT molecular complexity index is 1050. The summed E-state index contributed by atoms with van der Waals surface area (Å²) in [6.45, 7) is 1.89. The van der Waals surface area contributed by atoms with Crippen LogP contribution in [0, 0.1) is 6.92 Å². The van der Waals surface area contributed by atoms with Gasteiger partial charge in [-0.05, 0) is 54.2 Å². The molecule has 0 heterocycles. The third kappa shape index (κ3) is 5.97. The van der Waals surface area contributed by atoms with Crippen LogP contribution in [0.3, 0.4) is 0 Å². The van der Waals surface area contributed by atoms with E-state index in [9.17, 15) is 4.79 Å². The van der Waals surface area contributed by atoms with Crippen LogP contribution in [0.15, 0.2) is 66.7 Å². The molecule has 4 nitrogen and oxygen atoms in total. The molecule has 0 spiro atoms. The normalized spacial score (nSPS) is 12.3. The van der Waals surface area contributed by atoms with Gasteiger partial charge in [0.05, 0.1) is 0 Å². The minimum atomic E-state index is -1.82. The molecule has 0 radical (unpaired) electrons. The quantitative estimate of drug-likeness (QED) is 0.268. The van der Waals surface area contributed by atoms with E-state index in [0.29, 0.717) is 5.56 Å². The van der Waals surface area contributed by atoms with Crippen LogP contribution >= 0.6 is 47.0 Å². The topological polar surface area (TPSA) is 53.2 Å². The fraction of sp³-hybridized carbons (Fsp3) is 0.143. The first-order chi connectivity index (χ1) is 13.7. The molecule has 0 saturated carbocycles. The highest BCUT2D eigenvalue weighted by molar-refractivity contribution is 7.80. The number of halogens is 3. The van der Waals surface area contributed by atoms with Gasteiger partial charge < -0.3 is 16.0 Å². The number of anilines is 1. The molecule has 0 aliphatic carbocycles. The minimum absolute atomic E-state index is 0.209. The summed E-state index contributed by atoms with van der Waals surface area (Å²) < 4.78 is -1.82. The van der Waals surface area contributed by atoms with Crippen LogP contribution in [-0.4, -0.2) is 21.0 Å². The van der Waals surface area contributed by atoms with E-state index >= 15 is 0 Å². The lowest BCUT2D eigenvalue weighted by Gasteiger charge is -2.28. The maximum absolute atomic E-state index is 12.5. The van der Waals surface area contributed by atoms with Crippen molar-refractivity contribution >= 4 is 74.5 Å². The van der Waals surface area contributed by atoms with E-state index in [-0.39, 0.29) is 11.0 Å². The van der Waals surface area contributed by atoms with Gasteiger partial charge in [0.1, 0.15) is 6.17 Å². The number of carbonyl (C=O) groups excluding carboxylic acids is 1. The van der Waals surface area contributed by atoms with Crippen molar-refractivity contribution in [3.8, 4) is 0 Å². The van der Waals surface area contributed by atoms with Gasteiger partial charge >= 0.3 is 0 Å². The average molecular weight is 467 g/mol. The standard InChI is InChI=1S/C21H18Cl3N3OS/c1-13-5-4-8-16(11-13)18(28)26-19(21(22,23)24)27-20(29)25-17-10-9-14-6-2-3-7-15(14)12-17/h2-12,19H,1H3,(H,26,28)(H2,25,27,29)/t19-/m1/s1. The number of aryl methyl sites for hydroxylation is 1. The van der Waals surface area contributed by atoms with Crippen LogP contribution in [0.2, 0.25) is 0 Å². The van der Waals surface area contributed by atoms with Gasteiger partial charge in [-0.3, -0.25) is 4.79 Å². The summed E-state index contributed by atoms with van der Waals surface area (Å²) >= 11 is 23.5. The molecule has 3 rings (SSSR count). The molecule has 3 N–H and O–H groups in total. The Hall–Kier alpha value is -2.05. The zero-order valence-electron chi connectivity index (χ0n) is 15.4. The monoisotopic (exact) mass is 465 g/mol. The first-order valence-corrected chi connectivity index (χ1v) is 10.3. The summed E-state index contributed by atoms with van der Waals surface area (Å²) in [5.41, 5.74) is 2.18. The number of amides is 1. The second kappa shape index (κ2) is 9.18. The number of benzene rings is 3. The van der Waals surface area contributed by atoms with Crippen molar-refractivity contribution in [3.63, 3.8) is 0 Å². The molecule has 0 aliphatic rings. The molecular formula is C21H18Cl3N3OS. The van der Waals surface area contributed by atoms with Crippen LogP contribution < -0.4 is 16.0 Å². The van der Waals surface area contributed by atoms with E-state index < -0.39 is 9.96 Å². The number of alkyl halides is 3. The number of hydrogen-bond acceptors (Lipinski definition) is 2. The van der Waals surface area contributed by atoms with E-state index in [0.717, 1.165) is 22.0 Å². The Balaban J connectivity index is 1.70. The van der Waals surface area contributed by atoms with E-state index in [1.807, 2.05) is 55.5 Å². The molecule has 0 fully saturated rings. The molecular weight excluding hydrogens is 449 g/mol. The predicted octanol–water partition coefficient (Wildman–Crippen LogP) is 5.56. The van der Waals surface area contributed by atoms with Crippen molar-refractivity contribution in [2.45, 2.75) is 16.9 Å². The second-order valence-electron chi connectivity index (χ2n) is 6.48. The third-order valence-electron chi connectivity index (χ3n) is 4.17. The maximum Gasteiger partial charge on any atom is 0.252 e. The van der Waals surface area contributed by atoms with Crippen molar-refractivity contribution < 1.29 is 4.79 Å². The van der Waals surface area contributed by atoms with Gasteiger partial charge in [0.2, 0.25) is 3.79 Å². The molecule has 1 atom stereocenters. The average Bonchev–Trinajstić information content (AvgIpc) is 2.66. The van der Waals surface area contributed by atoms with Crippen molar-refractivity contribution in [1.82, 2.24) is 10.6 Å². The van der Waals surface area contributed by atoms with Crippen molar-refractivity contribution in [1.29, 1.82) is 0 Å². The Labute approximate surface area is 189 Å². The van der Waals surface area contributed by atoms with Crippen LogP contribution in [0.25, 0.3) is 10.8 Å². The number of fused-ring (bicyclic) bond motifs is 1. The fourth-order valence-corrected chi connectivity index (χ4v) is 3.33. The Morgan fingerprint density at radius 3 is 2.34 bits per heavy atom. The van der Waals surface area contributed by atoms with Gasteiger partial charge in [-0.25, -0.2) is 0 Å². The van der Waals surface area contributed by atoms with E-state index in [2.05, 4.69) is 16.0 Å². The van der Waals surface area contributed by atoms with Gasteiger partial charge in [-0.2, -0.15) is 0 Å². The molecule has 3 aromatic carbocycles. The van der Waals surface area contributed by atoms with Crippen LogP contribution in [0.5, 0.6) is 0 Å². The largest absolute Gasteiger partial charge is 0.339 e. The number of thiocarbonyl (C=S) groups is 1. The summed E-state index contributed by atoms with van der Waals surface area (Å²) in [6.07, 6.45) is -1.04. The van der Waals surface area contributed by atoms with Crippen LogP contribution in [0.1, 0.15) is 15.9 Å². The highest BCUT2D eigenvalue weighted by atomic mass is 35.6. The van der Waals surface area contributed by atoms with Gasteiger partial charge in [-0.1, -0.05) is 82.8 Å². The van der Waals surface area contributed by atoms with E-state index in [4.69, 9.17) is 47.0 Å². The highest BCUT2D eigenvalue weighted by Crippen LogP contribution is 2.29. The predicted molar refractivity (Wildman–Crippen MR) is 126 cm³/mol. The van der Waals surface area contributed by atoms with Gasteiger partial charge in [0, 0.05) is 11.3 Å². The summed E-state index contributed by atoms with van der Waals surface area (Å²) in [6, 6.07) is 20.9. The molecule has 150 valence electrons. The van der Waals surface area contributed by atoms with E-state index in [1.165, 1.54) is 0 Å².